The van der Waals surface area contributed by atoms with E-state index in [2.05, 4.69) is 44.2 Å². The summed E-state index contributed by atoms with van der Waals surface area (Å²) in [6, 6.07) is 13.0. The van der Waals surface area contributed by atoms with Gasteiger partial charge in [0.25, 0.3) is 10.0 Å². The van der Waals surface area contributed by atoms with Crippen molar-refractivity contribution in [3.63, 3.8) is 0 Å². The van der Waals surface area contributed by atoms with Crippen LogP contribution in [0.25, 0.3) is 0 Å². The summed E-state index contributed by atoms with van der Waals surface area (Å²) in [5.41, 5.74) is 3.80. The van der Waals surface area contributed by atoms with Crippen molar-refractivity contribution in [1.82, 2.24) is 0 Å². The topological polar surface area (TPSA) is 49.4 Å². The second kappa shape index (κ2) is 8.34. The van der Waals surface area contributed by atoms with Gasteiger partial charge in [-0.15, -0.1) is 0 Å². The number of hydrogen-bond acceptors (Lipinski definition) is 3. The predicted octanol–water partition coefficient (Wildman–Crippen LogP) is 5.33. The van der Waals surface area contributed by atoms with Crippen molar-refractivity contribution in [3.8, 4) is 0 Å². The van der Waals surface area contributed by atoms with Crippen molar-refractivity contribution in [2.45, 2.75) is 58.3 Å². The summed E-state index contributed by atoms with van der Waals surface area (Å²) in [7, 11) is -3.61. The van der Waals surface area contributed by atoms with Crippen LogP contribution in [0.1, 0.15) is 52.2 Å². The van der Waals surface area contributed by atoms with Crippen LogP contribution in [0.4, 0.5) is 11.4 Å². The first kappa shape index (κ1) is 21.3. The Morgan fingerprint density at radius 1 is 0.963 bits per heavy atom. The van der Waals surface area contributed by atoms with Crippen molar-refractivity contribution in [3.05, 3.63) is 53.6 Å². The van der Waals surface area contributed by atoms with Crippen molar-refractivity contribution in [1.29, 1.82) is 0 Å². The molecule has 4 nitrogen and oxygen atoms in total. The molecule has 0 aliphatic heterocycles. The number of rotatable bonds is 8. The summed E-state index contributed by atoms with van der Waals surface area (Å²) in [6.07, 6.45) is 0.995. The quantitative estimate of drug-likeness (QED) is 0.665. The molecule has 0 aliphatic rings. The van der Waals surface area contributed by atoms with Crippen LogP contribution in [0.15, 0.2) is 47.4 Å². The first-order valence-electron chi connectivity index (χ1n) is 9.63. The first-order chi connectivity index (χ1) is 12.6. The average molecular weight is 389 g/mol. The third-order valence-corrected chi connectivity index (χ3v) is 6.79. The fourth-order valence-corrected chi connectivity index (χ4v) is 4.17. The molecule has 0 heterocycles. The van der Waals surface area contributed by atoms with Gasteiger partial charge in [-0.25, -0.2) is 8.42 Å². The van der Waals surface area contributed by atoms with Crippen LogP contribution in [-0.4, -0.2) is 21.5 Å². The van der Waals surface area contributed by atoms with Gasteiger partial charge in [0.2, 0.25) is 0 Å². The summed E-state index contributed by atoms with van der Waals surface area (Å²) in [5, 5.41) is 0. The molecule has 0 amide bonds. The Kier molecular flexibility index (Phi) is 6.58. The highest BCUT2D eigenvalue weighted by Gasteiger charge is 2.20. The summed E-state index contributed by atoms with van der Waals surface area (Å²) in [6.45, 7) is 14.4. The average Bonchev–Trinajstić information content (AvgIpc) is 2.65. The summed E-state index contributed by atoms with van der Waals surface area (Å²) >= 11 is 0. The Bertz CT molecular complexity index is 868. The molecule has 0 fully saturated rings. The first-order valence-corrected chi connectivity index (χ1v) is 11.1. The molecule has 148 valence electrons. The van der Waals surface area contributed by atoms with Crippen molar-refractivity contribution in [2.24, 2.45) is 0 Å². The second-order valence-corrected chi connectivity index (χ2v) is 9.22. The van der Waals surface area contributed by atoms with Crippen molar-refractivity contribution < 1.29 is 8.42 Å². The maximum absolute atomic E-state index is 12.8. The highest BCUT2D eigenvalue weighted by molar-refractivity contribution is 7.92. The molecular weight excluding hydrogens is 356 g/mol. The molecule has 0 spiro atoms. The molecule has 27 heavy (non-hydrogen) atoms. The number of nitrogens with one attached hydrogen (secondary N) is 1. The summed E-state index contributed by atoms with van der Waals surface area (Å²) < 4.78 is 28.3. The van der Waals surface area contributed by atoms with Gasteiger partial charge in [-0.3, -0.25) is 4.72 Å². The lowest BCUT2D eigenvalue weighted by Gasteiger charge is -2.23. The molecule has 5 heteroatoms. The molecule has 0 bridgehead atoms. The van der Waals surface area contributed by atoms with Crippen molar-refractivity contribution >= 4 is 21.4 Å². The Morgan fingerprint density at radius 2 is 1.56 bits per heavy atom. The van der Waals surface area contributed by atoms with E-state index < -0.39 is 10.0 Å². The summed E-state index contributed by atoms with van der Waals surface area (Å²) in [5.74, 6) is 0. The monoisotopic (exact) mass is 388 g/mol. The van der Waals surface area contributed by atoms with Crippen LogP contribution >= 0.6 is 0 Å². The minimum atomic E-state index is -3.61. The lowest BCUT2D eigenvalue weighted by molar-refractivity contribution is 0.506. The molecule has 1 N–H and O–H groups in total. The molecule has 2 aromatic rings. The standard InChI is InChI=1S/C22H32N2O2S/c1-7-22(5,6)18-10-13-20(14-11-18)27(25,26)23-21-15-12-19(16-17(21)4)24(8-2)9-3/h10-16,23H,7-9H2,1-6H3. The Labute approximate surface area is 164 Å². The number of sulfonamides is 1. The zero-order valence-corrected chi connectivity index (χ0v) is 18.2. The fourth-order valence-electron chi connectivity index (χ4n) is 3.04. The van der Waals surface area contributed by atoms with E-state index in [0.29, 0.717) is 5.69 Å². The molecule has 0 aromatic heterocycles. The number of benzene rings is 2. The number of nitrogens with zero attached hydrogens (tertiary/aromatic N) is 1. The third-order valence-electron chi connectivity index (χ3n) is 5.41. The fraction of sp³-hybridized carbons (Fsp3) is 0.455. The highest BCUT2D eigenvalue weighted by atomic mass is 32.2. The molecule has 0 atom stereocenters. The van der Waals surface area contributed by atoms with Crippen LogP contribution in [-0.2, 0) is 15.4 Å². The maximum atomic E-state index is 12.8. The molecule has 0 unspecified atom stereocenters. The Balaban J connectivity index is 2.26. The van der Waals surface area contributed by atoms with Crippen LogP contribution in [0.5, 0.6) is 0 Å². The van der Waals surface area contributed by atoms with E-state index in [0.717, 1.165) is 36.3 Å². The van der Waals surface area contributed by atoms with Gasteiger partial charge in [-0.05, 0) is 74.1 Å². The lowest BCUT2D eigenvalue weighted by Crippen LogP contribution is -2.22. The normalized spacial score (nSPS) is 12.1. The second-order valence-electron chi connectivity index (χ2n) is 7.54. The van der Waals surface area contributed by atoms with Crippen LogP contribution in [0.2, 0.25) is 0 Å². The smallest absolute Gasteiger partial charge is 0.261 e. The van der Waals surface area contributed by atoms with Crippen LogP contribution in [0, 0.1) is 6.92 Å². The molecule has 2 rings (SSSR count). The third kappa shape index (κ3) is 4.83. The van der Waals surface area contributed by atoms with Gasteiger partial charge in [-0.2, -0.15) is 0 Å². The zero-order valence-electron chi connectivity index (χ0n) is 17.3. The molecular formula is C22H32N2O2S. The minimum absolute atomic E-state index is 0.0343. The van der Waals surface area contributed by atoms with Gasteiger partial charge in [0.05, 0.1) is 10.6 Å². The van der Waals surface area contributed by atoms with E-state index in [-0.39, 0.29) is 10.3 Å². The maximum Gasteiger partial charge on any atom is 0.261 e. The van der Waals surface area contributed by atoms with Crippen molar-refractivity contribution in [2.75, 3.05) is 22.7 Å². The van der Waals surface area contributed by atoms with E-state index >= 15 is 0 Å². The lowest BCUT2D eigenvalue weighted by atomic mass is 9.82. The molecule has 0 saturated heterocycles. The van der Waals surface area contributed by atoms with Gasteiger partial charge >= 0.3 is 0 Å². The van der Waals surface area contributed by atoms with Gasteiger partial charge in [0.15, 0.2) is 0 Å². The molecule has 0 radical (unpaired) electrons. The van der Waals surface area contributed by atoms with Gasteiger partial charge in [0, 0.05) is 18.8 Å². The minimum Gasteiger partial charge on any atom is -0.372 e. The largest absolute Gasteiger partial charge is 0.372 e. The number of anilines is 2. The molecule has 0 aliphatic carbocycles. The van der Waals surface area contributed by atoms with E-state index in [4.69, 9.17) is 0 Å². The van der Waals surface area contributed by atoms with Gasteiger partial charge < -0.3 is 4.90 Å². The van der Waals surface area contributed by atoms with Crippen LogP contribution in [0.3, 0.4) is 0 Å². The Hall–Kier alpha value is -2.01. The number of aryl methyl sites for hydroxylation is 1. The molecule has 2 aromatic carbocycles. The highest BCUT2D eigenvalue weighted by Crippen LogP contribution is 2.29. The number of hydrogen-bond donors (Lipinski definition) is 1. The van der Waals surface area contributed by atoms with Crippen LogP contribution < -0.4 is 9.62 Å². The summed E-state index contributed by atoms with van der Waals surface area (Å²) in [4.78, 5) is 2.52. The van der Waals surface area contributed by atoms with Gasteiger partial charge in [-0.1, -0.05) is 32.9 Å². The zero-order chi connectivity index (χ0) is 20.2. The SMILES string of the molecule is CCN(CC)c1ccc(NS(=O)(=O)c2ccc(C(C)(C)CC)cc2)c(C)c1. The van der Waals surface area contributed by atoms with E-state index in [1.54, 1.807) is 12.1 Å². The van der Waals surface area contributed by atoms with E-state index in [1.165, 1.54) is 0 Å². The van der Waals surface area contributed by atoms with Gasteiger partial charge in [0.1, 0.15) is 0 Å². The van der Waals surface area contributed by atoms with E-state index in [9.17, 15) is 8.42 Å². The molecule has 0 saturated carbocycles. The van der Waals surface area contributed by atoms with E-state index in [1.807, 2.05) is 37.3 Å². The Morgan fingerprint density at radius 3 is 2.04 bits per heavy atom. The predicted molar refractivity (Wildman–Crippen MR) is 115 cm³/mol.